The van der Waals surface area contributed by atoms with Crippen molar-refractivity contribution in [1.29, 1.82) is 0 Å². The van der Waals surface area contributed by atoms with Crippen LogP contribution in [0, 0.1) is 5.82 Å². The number of allylic oxidation sites excluding steroid dienone is 2. The van der Waals surface area contributed by atoms with Crippen molar-refractivity contribution in [2.75, 3.05) is 4.90 Å². The number of carbonyl (C=O) groups excluding carboxylic acids is 2. The smallest absolute Gasteiger partial charge is 0.294 e. The van der Waals surface area contributed by atoms with Gasteiger partial charge in [0.05, 0.1) is 5.56 Å². The van der Waals surface area contributed by atoms with Gasteiger partial charge in [-0.25, -0.2) is 4.39 Å². The molecule has 4 rings (SSSR count). The molecule has 150 valence electrons. The fraction of sp³-hybridized carbons (Fsp3) is 0.273. The van der Waals surface area contributed by atoms with E-state index in [1.165, 1.54) is 29.2 Å². The molecule has 0 fully saturated rings. The Morgan fingerprint density at radius 2 is 1.72 bits per heavy atom. The molecule has 2 aromatic rings. The van der Waals surface area contributed by atoms with Crippen LogP contribution in [0.1, 0.15) is 42.7 Å². The van der Waals surface area contributed by atoms with Crippen LogP contribution in [0.3, 0.4) is 0 Å². The lowest BCUT2D eigenvalue weighted by atomic mass is 9.77. The monoisotopic (exact) mass is 403 g/mol. The number of nitrogens with zero attached hydrogens (tertiary/aromatic N) is 1. The van der Waals surface area contributed by atoms with Gasteiger partial charge in [-0.1, -0.05) is 24.3 Å². The topological polar surface area (TPSA) is 37.4 Å². The maximum absolute atomic E-state index is 14.4. The van der Waals surface area contributed by atoms with Gasteiger partial charge in [0.25, 0.3) is 0 Å². The summed E-state index contributed by atoms with van der Waals surface area (Å²) in [5.41, 5.74) is 0.165. The van der Waals surface area contributed by atoms with E-state index in [1.54, 1.807) is 12.1 Å². The van der Waals surface area contributed by atoms with Gasteiger partial charge in [0, 0.05) is 35.7 Å². The number of carbonyl (C=O) groups is 2. The highest BCUT2D eigenvalue weighted by atomic mass is 19.4. The van der Waals surface area contributed by atoms with Gasteiger partial charge >= 0.3 is 6.18 Å². The lowest BCUT2D eigenvalue weighted by Gasteiger charge is -2.38. The van der Waals surface area contributed by atoms with Gasteiger partial charge in [-0.05, 0) is 42.7 Å². The third kappa shape index (κ3) is 3.45. The molecule has 3 nitrogen and oxygen atoms in total. The van der Waals surface area contributed by atoms with Crippen LogP contribution >= 0.6 is 0 Å². The summed E-state index contributed by atoms with van der Waals surface area (Å²) in [4.78, 5) is 26.9. The first-order valence-electron chi connectivity index (χ1n) is 9.28. The molecule has 29 heavy (non-hydrogen) atoms. The molecule has 1 amide bonds. The van der Waals surface area contributed by atoms with Crippen molar-refractivity contribution < 1.29 is 27.2 Å². The molecule has 1 unspecified atom stereocenters. The number of rotatable bonds is 2. The van der Waals surface area contributed by atoms with Gasteiger partial charge in [-0.3, -0.25) is 14.5 Å². The Labute approximate surface area is 164 Å². The molecule has 0 bridgehead atoms. The van der Waals surface area contributed by atoms with Crippen LogP contribution in [0.4, 0.5) is 23.2 Å². The van der Waals surface area contributed by atoms with E-state index in [1.807, 2.05) is 0 Å². The Balaban J connectivity index is 1.87. The Morgan fingerprint density at radius 1 is 0.966 bits per heavy atom. The van der Waals surface area contributed by atoms with Crippen LogP contribution in [-0.4, -0.2) is 11.7 Å². The molecule has 0 spiro atoms. The molecular formula is C22H17F4NO2. The van der Waals surface area contributed by atoms with Gasteiger partial charge in [-0.2, -0.15) is 13.2 Å². The van der Waals surface area contributed by atoms with Crippen molar-refractivity contribution in [2.24, 2.45) is 0 Å². The first-order valence-corrected chi connectivity index (χ1v) is 9.28. The van der Waals surface area contributed by atoms with E-state index in [2.05, 4.69) is 0 Å². The summed E-state index contributed by atoms with van der Waals surface area (Å²) in [5.74, 6) is -1.88. The number of anilines is 1. The van der Waals surface area contributed by atoms with Crippen molar-refractivity contribution in [3.8, 4) is 0 Å². The van der Waals surface area contributed by atoms with Gasteiger partial charge in [0.2, 0.25) is 5.91 Å². The van der Waals surface area contributed by atoms with E-state index in [-0.39, 0.29) is 29.9 Å². The van der Waals surface area contributed by atoms with E-state index in [0.29, 0.717) is 24.1 Å². The number of Topliss-reactive ketones (excluding diaryl/α,β-unsaturated/α-hetero) is 1. The zero-order valence-electron chi connectivity index (χ0n) is 15.3. The number of halogens is 4. The second-order valence-electron chi connectivity index (χ2n) is 7.19. The molecule has 0 N–H and O–H groups in total. The summed E-state index contributed by atoms with van der Waals surface area (Å²) >= 11 is 0. The minimum absolute atomic E-state index is 0.0685. The molecule has 1 aliphatic carbocycles. The van der Waals surface area contributed by atoms with Crippen molar-refractivity contribution in [2.45, 2.75) is 37.8 Å². The van der Waals surface area contributed by atoms with E-state index >= 15 is 0 Å². The van der Waals surface area contributed by atoms with Crippen LogP contribution in [-0.2, 0) is 15.8 Å². The van der Waals surface area contributed by atoms with Crippen LogP contribution in [0.5, 0.6) is 0 Å². The molecule has 0 radical (unpaired) electrons. The van der Waals surface area contributed by atoms with Crippen molar-refractivity contribution >= 4 is 17.4 Å². The molecule has 0 saturated carbocycles. The SMILES string of the molecule is O=C1CCCC2=C1C(c1ccccc1F)CC(=O)N2c1cccc(C(F)(F)F)c1. The number of hydrogen-bond donors (Lipinski definition) is 0. The molecule has 1 heterocycles. The number of ketones is 1. The van der Waals surface area contributed by atoms with Crippen molar-refractivity contribution in [1.82, 2.24) is 0 Å². The highest BCUT2D eigenvalue weighted by Crippen LogP contribution is 2.44. The lowest BCUT2D eigenvalue weighted by molar-refractivity contribution is -0.137. The predicted molar refractivity (Wildman–Crippen MR) is 98.6 cm³/mol. The lowest BCUT2D eigenvalue weighted by Crippen LogP contribution is -2.40. The minimum Gasteiger partial charge on any atom is -0.294 e. The van der Waals surface area contributed by atoms with Gasteiger partial charge in [0.15, 0.2) is 5.78 Å². The quantitative estimate of drug-likeness (QED) is 0.632. The van der Waals surface area contributed by atoms with E-state index in [0.717, 1.165) is 12.1 Å². The highest BCUT2D eigenvalue weighted by molar-refractivity contribution is 6.07. The fourth-order valence-corrected chi connectivity index (χ4v) is 4.14. The van der Waals surface area contributed by atoms with Gasteiger partial charge in [-0.15, -0.1) is 0 Å². The fourth-order valence-electron chi connectivity index (χ4n) is 4.14. The summed E-state index contributed by atoms with van der Waals surface area (Å²) in [6.07, 6.45) is -3.60. The number of benzene rings is 2. The molecule has 7 heteroatoms. The molecule has 0 aromatic heterocycles. The third-order valence-corrected chi connectivity index (χ3v) is 5.39. The molecular weight excluding hydrogens is 386 g/mol. The number of alkyl halides is 3. The van der Waals surface area contributed by atoms with Crippen molar-refractivity contribution in [3.05, 3.63) is 76.7 Å². The van der Waals surface area contributed by atoms with Crippen LogP contribution < -0.4 is 4.90 Å². The summed E-state index contributed by atoms with van der Waals surface area (Å²) in [7, 11) is 0. The molecule has 2 aliphatic rings. The largest absolute Gasteiger partial charge is 0.416 e. The second-order valence-corrected chi connectivity index (χ2v) is 7.19. The molecule has 1 aliphatic heterocycles. The average molecular weight is 403 g/mol. The first kappa shape index (κ1) is 19.4. The zero-order chi connectivity index (χ0) is 20.8. The first-order chi connectivity index (χ1) is 13.8. The standard InChI is InChI=1S/C22H17F4NO2/c23-17-8-2-1-7-15(17)16-12-20(29)27(18-9-4-10-19(28)21(16)18)14-6-3-5-13(11-14)22(24,25)26/h1-3,5-8,11,16H,4,9-10,12H2. The summed E-state index contributed by atoms with van der Waals surface area (Å²) in [5, 5.41) is 0. The van der Waals surface area contributed by atoms with E-state index in [4.69, 9.17) is 0 Å². The molecule has 1 atom stereocenters. The van der Waals surface area contributed by atoms with Crippen LogP contribution in [0.15, 0.2) is 59.8 Å². The molecule has 0 saturated heterocycles. The summed E-state index contributed by atoms with van der Waals surface area (Å²) < 4.78 is 53.8. The Morgan fingerprint density at radius 3 is 2.45 bits per heavy atom. The van der Waals surface area contributed by atoms with Crippen molar-refractivity contribution in [3.63, 3.8) is 0 Å². The predicted octanol–water partition coefficient (Wildman–Crippen LogP) is 5.37. The highest BCUT2D eigenvalue weighted by Gasteiger charge is 2.41. The van der Waals surface area contributed by atoms with E-state index in [9.17, 15) is 27.2 Å². The number of amides is 1. The summed E-state index contributed by atoms with van der Waals surface area (Å²) in [6.45, 7) is 0. The van der Waals surface area contributed by atoms with Gasteiger partial charge in [0.1, 0.15) is 5.82 Å². The Bertz CT molecular complexity index is 1030. The zero-order valence-corrected chi connectivity index (χ0v) is 15.3. The molecule has 2 aromatic carbocycles. The third-order valence-electron chi connectivity index (χ3n) is 5.39. The maximum Gasteiger partial charge on any atom is 0.416 e. The number of hydrogen-bond acceptors (Lipinski definition) is 2. The average Bonchev–Trinajstić information content (AvgIpc) is 2.67. The Hall–Kier alpha value is -2.96. The van der Waals surface area contributed by atoms with Gasteiger partial charge < -0.3 is 0 Å². The summed E-state index contributed by atoms with van der Waals surface area (Å²) in [6, 6.07) is 10.5. The Kier molecular flexibility index (Phi) is 4.76. The second kappa shape index (κ2) is 7.13. The normalized spacial score (nSPS) is 20.1. The van der Waals surface area contributed by atoms with Crippen LogP contribution in [0.25, 0.3) is 0 Å². The van der Waals surface area contributed by atoms with E-state index < -0.39 is 29.4 Å². The van der Waals surface area contributed by atoms with Crippen LogP contribution in [0.2, 0.25) is 0 Å². The minimum atomic E-state index is -4.55. The maximum atomic E-state index is 14.4.